The Morgan fingerprint density at radius 1 is 1.00 bits per heavy atom. The number of hydrogen-bond acceptors (Lipinski definition) is 1. The van der Waals surface area contributed by atoms with E-state index in [1.807, 2.05) is 0 Å². The number of likely N-dealkylation sites (tertiary alicyclic amines) is 1. The van der Waals surface area contributed by atoms with E-state index < -0.39 is 0 Å². The van der Waals surface area contributed by atoms with Gasteiger partial charge in [-0.3, -0.25) is 0 Å². The van der Waals surface area contributed by atoms with Gasteiger partial charge in [0.05, 0.1) is 27.2 Å². The van der Waals surface area contributed by atoms with Gasteiger partial charge < -0.3 is 9.96 Å². The summed E-state index contributed by atoms with van der Waals surface area (Å²) in [4.78, 5) is 0. The minimum Gasteiger partial charge on any atom is -0.870 e. The summed E-state index contributed by atoms with van der Waals surface area (Å²) in [5.41, 5.74) is 0. The van der Waals surface area contributed by atoms with Gasteiger partial charge >= 0.3 is 0 Å². The maximum atomic E-state index is 2.37. The Labute approximate surface area is 70.1 Å². The fraction of sp³-hybridized carbons (Fsp3) is 1.00. The lowest BCUT2D eigenvalue weighted by molar-refractivity contribution is -0.902. The van der Waals surface area contributed by atoms with Gasteiger partial charge in [-0.25, -0.2) is 0 Å². The second-order valence-corrected chi connectivity index (χ2v) is 4.75. The molecule has 0 spiro atoms. The van der Waals surface area contributed by atoms with E-state index in [1.165, 1.54) is 24.0 Å². The Morgan fingerprint density at radius 2 is 1.36 bits per heavy atom. The Morgan fingerprint density at radius 3 is 1.64 bits per heavy atom. The van der Waals surface area contributed by atoms with Gasteiger partial charge in [0, 0.05) is 11.8 Å². The molecule has 2 nitrogen and oxygen atoms in total. The first-order valence-corrected chi connectivity index (χ1v) is 4.31. The van der Waals surface area contributed by atoms with Crippen molar-refractivity contribution in [3.8, 4) is 0 Å². The molecule has 0 saturated carbocycles. The molecule has 68 valence electrons. The lowest BCUT2D eigenvalue weighted by Crippen LogP contribution is -2.49. The molecule has 0 aliphatic carbocycles. The van der Waals surface area contributed by atoms with Crippen molar-refractivity contribution in [1.82, 2.24) is 0 Å². The molecular weight excluding hydrogens is 138 g/mol. The smallest absolute Gasteiger partial charge is 0.0808 e. The summed E-state index contributed by atoms with van der Waals surface area (Å²) < 4.78 is 1.22. The highest BCUT2D eigenvalue weighted by Crippen LogP contribution is 2.23. The van der Waals surface area contributed by atoms with Crippen LogP contribution in [-0.4, -0.2) is 37.1 Å². The van der Waals surface area contributed by atoms with E-state index in [0.29, 0.717) is 0 Å². The fourth-order valence-electron chi connectivity index (χ4n) is 2.60. The van der Waals surface area contributed by atoms with Crippen LogP contribution >= 0.6 is 0 Å². The first-order valence-electron chi connectivity index (χ1n) is 4.31. The number of piperidine rings is 1. The molecular formula is C9H21NO. The van der Waals surface area contributed by atoms with Crippen molar-refractivity contribution >= 4 is 0 Å². The molecule has 0 radical (unpaired) electrons. The summed E-state index contributed by atoms with van der Waals surface area (Å²) in [6.07, 6.45) is 1.43. The molecule has 1 fully saturated rings. The van der Waals surface area contributed by atoms with Crippen molar-refractivity contribution in [2.24, 2.45) is 11.8 Å². The second-order valence-electron chi connectivity index (χ2n) is 4.75. The van der Waals surface area contributed by atoms with Crippen LogP contribution in [0.25, 0.3) is 0 Å². The maximum Gasteiger partial charge on any atom is 0.0808 e. The Kier molecular flexibility index (Phi) is 3.52. The van der Waals surface area contributed by atoms with Crippen molar-refractivity contribution in [3.05, 3.63) is 0 Å². The predicted octanol–water partition coefficient (Wildman–Crippen LogP) is 1.56. The van der Waals surface area contributed by atoms with Crippen molar-refractivity contribution < 1.29 is 9.96 Å². The van der Waals surface area contributed by atoms with Gasteiger partial charge in [-0.1, -0.05) is 13.8 Å². The molecule has 0 bridgehead atoms. The average molecular weight is 159 g/mol. The van der Waals surface area contributed by atoms with E-state index in [2.05, 4.69) is 27.9 Å². The highest BCUT2D eigenvalue weighted by molar-refractivity contribution is 4.64. The van der Waals surface area contributed by atoms with Gasteiger partial charge in [0.1, 0.15) is 0 Å². The molecule has 0 aromatic heterocycles. The zero-order valence-corrected chi connectivity index (χ0v) is 8.17. The van der Waals surface area contributed by atoms with Crippen LogP contribution in [0.5, 0.6) is 0 Å². The van der Waals surface area contributed by atoms with E-state index in [1.54, 1.807) is 0 Å². The van der Waals surface area contributed by atoms with Crippen LogP contribution in [0.4, 0.5) is 0 Å². The number of quaternary nitrogens is 1. The Bertz CT molecular complexity index is 111. The van der Waals surface area contributed by atoms with Crippen molar-refractivity contribution in [2.45, 2.75) is 20.3 Å². The quantitative estimate of drug-likeness (QED) is 0.493. The van der Waals surface area contributed by atoms with E-state index in [-0.39, 0.29) is 5.48 Å². The van der Waals surface area contributed by atoms with Crippen LogP contribution in [0.2, 0.25) is 0 Å². The zero-order chi connectivity index (χ0) is 7.78. The first-order chi connectivity index (χ1) is 4.49. The summed E-state index contributed by atoms with van der Waals surface area (Å²) in [5.74, 6) is 1.86. The summed E-state index contributed by atoms with van der Waals surface area (Å²) in [6.45, 7) is 7.47. The molecule has 1 aliphatic heterocycles. The zero-order valence-electron chi connectivity index (χ0n) is 8.17. The van der Waals surface area contributed by atoms with Gasteiger partial charge in [0.15, 0.2) is 0 Å². The minimum absolute atomic E-state index is 0. The molecule has 0 aromatic rings. The molecule has 11 heavy (non-hydrogen) atoms. The van der Waals surface area contributed by atoms with Crippen molar-refractivity contribution in [3.63, 3.8) is 0 Å². The van der Waals surface area contributed by atoms with Crippen LogP contribution < -0.4 is 0 Å². The lowest BCUT2D eigenvalue weighted by atomic mass is 9.91. The second kappa shape index (κ2) is 3.55. The average Bonchev–Trinajstić information content (AvgIpc) is 1.54. The Hall–Kier alpha value is -0.0800. The van der Waals surface area contributed by atoms with Crippen molar-refractivity contribution in [1.29, 1.82) is 0 Å². The van der Waals surface area contributed by atoms with Gasteiger partial charge in [-0.15, -0.1) is 0 Å². The molecule has 2 atom stereocenters. The SMILES string of the molecule is CC1CC(C)C[N+](C)(C)C1.[OH-]. The standard InChI is InChI=1S/C9H20N.H2O/c1-8-5-9(2)7-10(3,4)6-8;/h8-9H,5-7H2,1-4H3;1H2/q+1;/p-1. The normalized spacial score (nSPS) is 36.0. The van der Waals surface area contributed by atoms with Gasteiger partial charge in [0.2, 0.25) is 0 Å². The third-order valence-electron chi connectivity index (χ3n) is 2.42. The van der Waals surface area contributed by atoms with Crippen LogP contribution in [0, 0.1) is 11.8 Å². The molecule has 1 aliphatic rings. The highest BCUT2D eigenvalue weighted by Gasteiger charge is 2.28. The number of hydrogen-bond donors (Lipinski definition) is 0. The summed E-state index contributed by atoms with van der Waals surface area (Å²) in [7, 11) is 4.68. The largest absolute Gasteiger partial charge is 0.870 e. The lowest BCUT2D eigenvalue weighted by Gasteiger charge is -2.40. The van der Waals surface area contributed by atoms with Crippen LogP contribution in [-0.2, 0) is 0 Å². The predicted molar refractivity (Wildman–Crippen MR) is 46.7 cm³/mol. The number of nitrogens with zero attached hydrogens (tertiary/aromatic N) is 1. The monoisotopic (exact) mass is 159 g/mol. The van der Waals surface area contributed by atoms with Crippen LogP contribution in [0.15, 0.2) is 0 Å². The van der Waals surface area contributed by atoms with Gasteiger partial charge in [0.25, 0.3) is 0 Å². The Balaban J connectivity index is 0.000001000. The van der Waals surface area contributed by atoms with E-state index in [0.717, 1.165) is 11.8 Å². The molecule has 1 heterocycles. The molecule has 0 amide bonds. The molecule has 1 saturated heterocycles. The van der Waals surface area contributed by atoms with Crippen molar-refractivity contribution in [2.75, 3.05) is 27.2 Å². The van der Waals surface area contributed by atoms with E-state index in [4.69, 9.17) is 0 Å². The first kappa shape index (κ1) is 10.9. The van der Waals surface area contributed by atoms with Gasteiger partial charge in [-0.2, -0.15) is 0 Å². The molecule has 2 heteroatoms. The molecule has 1 rings (SSSR count). The third-order valence-corrected chi connectivity index (χ3v) is 2.42. The van der Waals surface area contributed by atoms with Gasteiger partial charge in [-0.05, 0) is 6.42 Å². The van der Waals surface area contributed by atoms with E-state index in [9.17, 15) is 0 Å². The number of rotatable bonds is 0. The summed E-state index contributed by atoms with van der Waals surface area (Å²) in [5, 5.41) is 0. The summed E-state index contributed by atoms with van der Waals surface area (Å²) >= 11 is 0. The molecule has 0 aromatic carbocycles. The highest BCUT2D eigenvalue weighted by atomic mass is 16.0. The topological polar surface area (TPSA) is 30.0 Å². The fourth-order valence-corrected chi connectivity index (χ4v) is 2.60. The minimum atomic E-state index is 0. The van der Waals surface area contributed by atoms with E-state index >= 15 is 0 Å². The van der Waals surface area contributed by atoms with Crippen LogP contribution in [0.3, 0.4) is 0 Å². The van der Waals surface area contributed by atoms with Crippen LogP contribution in [0.1, 0.15) is 20.3 Å². The third kappa shape index (κ3) is 3.21. The summed E-state index contributed by atoms with van der Waals surface area (Å²) in [6, 6.07) is 0. The maximum absolute atomic E-state index is 2.37. The molecule has 1 N–H and O–H groups in total. The molecule has 2 unspecified atom stereocenters.